The van der Waals surface area contributed by atoms with E-state index in [9.17, 15) is 14.7 Å². The van der Waals surface area contributed by atoms with E-state index >= 15 is 0 Å². The van der Waals surface area contributed by atoms with Gasteiger partial charge in [-0.05, 0) is 25.2 Å². The van der Waals surface area contributed by atoms with Gasteiger partial charge in [0.05, 0.1) is 0 Å². The molecule has 102 valence electrons. The third-order valence-electron chi connectivity index (χ3n) is 4.01. The van der Waals surface area contributed by atoms with Crippen LogP contribution in [0.4, 0.5) is 4.79 Å². The number of piperidine rings is 1. The Kier molecular flexibility index (Phi) is 3.75. The zero-order chi connectivity index (χ0) is 13.3. The molecule has 0 saturated carbocycles. The Labute approximate surface area is 107 Å². The van der Waals surface area contributed by atoms with E-state index in [0.717, 1.165) is 19.3 Å². The predicted octanol–water partition coefficient (Wildman–Crippen LogP) is 0.325. The Morgan fingerprint density at radius 2 is 1.78 bits per heavy atom. The van der Waals surface area contributed by atoms with Gasteiger partial charge in [-0.3, -0.25) is 0 Å². The van der Waals surface area contributed by atoms with Gasteiger partial charge in [0.2, 0.25) is 0 Å². The Hall–Kier alpha value is -1.30. The SMILES string of the molecule is CC1CCN(C(=O)N2CCC(N)CC2)C1C(=O)O. The largest absolute Gasteiger partial charge is 0.480 e. The van der Waals surface area contributed by atoms with E-state index in [1.54, 1.807) is 4.90 Å². The van der Waals surface area contributed by atoms with Crippen molar-refractivity contribution >= 4 is 12.0 Å². The number of hydrogen-bond donors (Lipinski definition) is 2. The molecule has 6 nitrogen and oxygen atoms in total. The van der Waals surface area contributed by atoms with Gasteiger partial charge in [0.1, 0.15) is 6.04 Å². The number of carbonyl (C=O) groups excluding carboxylic acids is 1. The molecule has 2 fully saturated rings. The van der Waals surface area contributed by atoms with Gasteiger partial charge < -0.3 is 20.6 Å². The summed E-state index contributed by atoms with van der Waals surface area (Å²) in [4.78, 5) is 26.8. The third-order valence-corrected chi connectivity index (χ3v) is 4.01. The lowest BCUT2D eigenvalue weighted by Gasteiger charge is -2.35. The Morgan fingerprint density at radius 3 is 2.33 bits per heavy atom. The molecule has 2 aliphatic rings. The van der Waals surface area contributed by atoms with Crippen LogP contribution >= 0.6 is 0 Å². The Bertz CT molecular complexity index is 339. The maximum absolute atomic E-state index is 12.3. The maximum Gasteiger partial charge on any atom is 0.326 e. The second-order valence-electron chi connectivity index (χ2n) is 5.35. The number of likely N-dealkylation sites (tertiary alicyclic amines) is 2. The minimum absolute atomic E-state index is 0.0264. The summed E-state index contributed by atoms with van der Waals surface area (Å²) in [6.45, 7) is 3.70. The highest BCUT2D eigenvalue weighted by molar-refractivity contribution is 5.83. The molecule has 0 radical (unpaired) electrons. The lowest BCUT2D eigenvalue weighted by molar-refractivity contribution is -0.142. The van der Waals surface area contributed by atoms with Crippen molar-refractivity contribution in [2.75, 3.05) is 19.6 Å². The molecule has 2 saturated heterocycles. The quantitative estimate of drug-likeness (QED) is 0.706. The minimum Gasteiger partial charge on any atom is -0.480 e. The maximum atomic E-state index is 12.3. The summed E-state index contributed by atoms with van der Waals surface area (Å²) >= 11 is 0. The highest BCUT2D eigenvalue weighted by atomic mass is 16.4. The molecule has 0 spiro atoms. The molecular formula is C12H21N3O3. The van der Waals surface area contributed by atoms with Crippen LogP contribution in [0.15, 0.2) is 0 Å². The van der Waals surface area contributed by atoms with E-state index in [1.165, 1.54) is 4.90 Å². The van der Waals surface area contributed by atoms with E-state index in [-0.39, 0.29) is 18.0 Å². The lowest BCUT2D eigenvalue weighted by atomic mass is 10.0. The molecule has 18 heavy (non-hydrogen) atoms. The first-order valence-corrected chi connectivity index (χ1v) is 6.54. The van der Waals surface area contributed by atoms with Crippen molar-refractivity contribution in [2.45, 2.75) is 38.3 Å². The van der Waals surface area contributed by atoms with Crippen molar-refractivity contribution in [2.24, 2.45) is 11.7 Å². The van der Waals surface area contributed by atoms with E-state index in [4.69, 9.17) is 5.73 Å². The topological polar surface area (TPSA) is 86.9 Å². The van der Waals surface area contributed by atoms with Gasteiger partial charge in [-0.1, -0.05) is 6.92 Å². The van der Waals surface area contributed by atoms with Crippen molar-refractivity contribution in [1.29, 1.82) is 0 Å². The van der Waals surface area contributed by atoms with Gasteiger partial charge in [-0.15, -0.1) is 0 Å². The second-order valence-corrected chi connectivity index (χ2v) is 5.35. The van der Waals surface area contributed by atoms with Crippen molar-refractivity contribution in [3.8, 4) is 0 Å². The zero-order valence-electron chi connectivity index (χ0n) is 10.7. The number of hydrogen-bond acceptors (Lipinski definition) is 3. The van der Waals surface area contributed by atoms with Crippen LogP contribution in [0.25, 0.3) is 0 Å². The summed E-state index contributed by atoms with van der Waals surface area (Å²) in [5.41, 5.74) is 5.80. The van der Waals surface area contributed by atoms with Gasteiger partial charge in [0, 0.05) is 25.7 Å². The number of rotatable bonds is 1. The van der Waals surface area contributed by atoms with Crippen LogP contribution in [0.2, 0.25) is 0 Å². The fraction of sp³-hybridized carbons (Fsp3) is 0.833. The molecular weight excluding hydrogens is 234 g/mol. The van der Waals surface area contributed by atoms with Crippen molar-refractivity contribution in [3.63, 3.8) is 0 Å². The molecule has 2 unspecified atom stereocenters. The highest BCUT2D eigenvalue weighted by Gasteiger charge is 2.41. The van der Waals surface area contributed by atoms with Gasteiger partial charge in [-0.2, -0.15) is 0 Å². The van der Waals surface area contributed by atoms with Crippen LogP contribution in [0.3, 0.4) is 0 Å². The average Bonchev–Trinajstić information content (AvgIpc) is 2.71. The molecule has 0 aromatic carbocycles. The average molecular weight is 255 g/mol. The van der Waals surface area contributed by atoms with Crippen molar-refractivity contribution < 1.29 is 14.7 Å². The molecule has 6 heteroatoms. The molecule has 3 N–H and O–H groups in total. The van der Waals surface area contributed by atoms with Crippen LogP contribution in [0.1, 0.15) is 26.2 Å². The minimum atomic E-state index is -0.901. The molecule has 2 heterocycles. The summed E-state index contributed by atoms with van der Waals surface area (Å²) in [5, 5.41) is 9.21. The number of urea groups is 1. The van der Waals surface area contributed by atoms with Gasteiger partial charge in [0.15, 0.2) is 0 Å². The van der Waals surface area contributed by atoms with E-state index in [0.29, 0.717) is 19.6 Å². The number of nitrogens with two attached hydrogens (primary N) is 1. The molecule has 0 bridgehead atoms. The number of nitrogens with zero attached hydrogens (tertiary/aromatic N) is 2. The second kappa shape index (κ2) is 5.14. The summed E-state index contributed by atoms with van der Waals surface area (Å²) in [6.07, 6.45) is 2.36. The lowest BCUT2D eigenvalue weighted by Crippen LogP contribution is -2.52. The number of aliphatic carboxylic acids is 1. The number of carbonyl (C=O) groups is 2. The molecule has 0 aromatic rings. The van der Waals surface area contributed by atoms with Gasteiger partial charge >= 0.3 is 12.0 Å². The van der Waals surface area contributed by atoms with Gasteiger partial charge in [0.25, 0.3) is 0 Å². The molecule has 0 aliphatic carbocycles. The fourth-order valence-electron chi connectivity index (χ4n) is 2.81. The summed E-state index contributed by atoms with van der Waals surface area (Å²) in [7, 11) is 0. The summed E-state index contributed by atoms with van der Waals surface area (Å²) < 4.78 is 0. The van der Waals surface area contributed by atoms with Crippen LogP contribution in [-0.4, -0.2) is 58.6 Å². The van der Waals surface area contributed by atoms with Crippen LogP contribution in [-0.2, 0) is 4.79 Å². The number of amides is 2. The van der Waals surface area contributed by atoms with Crippen LogP contribution < -0.4 is 5.73 Å². The molecule has 0 aromatic heterocycles. The van der Waals surface area contributed by atoms with Crippen molar-refractivity contribution in [3.05, 3.63) is 0 Å². The monoisotopic (exact) mass is 255 g/mol. The smallest absolute Gasteiger partial charge is 0.326 e. The zero-order valence-corrected chi connectivity index (χ0v) is 10.7. The standard InChI is InChI=1S/C12H21N3O3/c1-8-2-7-15(10(8)11(16)17)12(18)14-5-3-9(13)4-6-14/h8-10H,2-7,13H2,1H3,(H,16,17). The first-order chi connectivity index (χ1) is 8.50. The van der Waals surface area contributed by atoms with E-state index in [2.05, 4.69) is 0 Å². The summed E-state index contributed by atoms with van der Waals surface area (Å²) in [5.74, 6) is -0.874. The molecule has 2 amide bonds. The van der Waals surface area contributed by atoms with Crippen LogP contribution in [0, 0.1) is 5.92 Å². The molecule has 2 atom stereocenters. The van der Waals surface area contributed by atoms with Crippen molar-refractivity contribution in [1.82, 2.24) is 9.80 Å². The fourth-order valence-corrected chi connectivity index (χ4v) is 2.81. The molecule has 2 rings (SSSR count). The number of carboxylic acids is 1. The van der Waals surface area contributed by atoms with Gasteiger partial charge in [-0.25, -0.2) is 9.59 Å². The summed E-state index contributed by atoms with van der Waals surface area (Å²) in [6, 6.07) is -0.645. The van der Waals surface area contributed by atoms with Crippen LogP contribution in [0.5, 0.6) is 0 Å². The van der Waals surface area contributed by atoms with E-state index < -0.39 is 12.0 Å². The van der Waals surface area contributed by atoms with E-state index in [1.807, 2.05) is 6.92 Å². The first kappa shape index (κ1) is 13.1. The first-order valence-electron chi connectivity index (χ1n) is 6.54. The Morgan fingerprint density at radius 1 is 1.17 bits per heavy atom. The normalized spacial score (nSPS) is 29.7. The Balaban J connectivity index is 2.02. The molecule has 2 aliphatic heterocycles. The highest BCUT2D eigenvalue weighted by Crippen LogP contribution is 2.26. The number of carboxylic acid groups (broad SMARTS) is 1. The predicted molar refractivity (Wildman–Crippen MR) is 66.1 cm³/mol. The third kappa shape index (κ3) is 2.43.